The van der Waals surface area contributed by atoms with Crippen LogP contribution in [0.5, 0.6) is 0 Å². The van der Waals surface area contributed by atoms with Gasteiger partial charge in [-0.1, -0.05) is 49.7 Å². The fourth-order valence-electron chi connectivity index (χ4n) is 1.41. The number of carboxylic acids is 1. The van der Waals surface area contributed by atoms with Crippen molar-refractivity contribution in [2.24, 2.45) is 0 Å². The summed E-state index contributed by atoms with van der Waals surface area (Å²) in [6.07, 6.45) is 0. The Kier molecular flexibility index (Phi) is 4.48. The Morgan fingerprint density at radius 3 is 2.39 bits per heavy atom. The average Bonchev–Trinajstić information content (AvgIpc) is 2.28. The second-order valence-corrected chi connectivity index (χ2v) is 6.52. The molecule has 0 saturated carbocycles. The van der Waals surface area contributed by atoms with Crippen LogP contribution in [-0.2, 0) is 0 Å². The van der Waals surface area contributed by atoms with E-state index in [4.69, 9.17) is 5.11 Å². The zero-order chi connectivity index (χ0) is 13.1. The summed E-state index contributed by atoms with van der Waals surface area (Å²) in [5.41, 5.74) is 0.280. The molecule has 2 aromatic rings. The van der Waals surface area contributed by atoms with Crippen molar-refractivity contribution in [1.29, 1.82) is 0 Å². The first-order chi connectivity index (χ1) is 8.54. The lowest BCUT2D eigenvalue weighted by molar-refractivity contribution is 0.0696. The van der Waals surface area contributed by atoms with Gasteiger partial charge in [-0.05, 0) is 36.4 Å². The van der Waals surface area contributed by atoms with Gasteiger partial charge in [0.1, 0.15) is 0 Å². The quantitative estimate of drug-likeness (QED) is 0.799. The van der Waals surface area contributed by atoms with Crippen molar-refractivity contribution in [1.82, 2.24) is 0 Å². The monoisotopic (exact) mass is 386 g/mol. The van der Waals surface area contributed by atoms with E-state index in [0.717, 1.165) is 18.7 Å². The molecule has 0 aliphatic rings. The van der Waals surface area contributed by atoms with E-state index in [2.05, 4.69) is 31.9 Å². The number of hydrogen-bond donors (Lipinski definition) is 1. The molecule has 0 unspecified atom stereocenters. The van der Waals surface area contributed by atoms with Gasteiger partial charge in [0.15, 0.2) is 0 Å². The van der Waals surface area contributed by atoms with Crippen molar-refractivity contribution in [3.05, 3.63) is 57.0 Å². The first kappa shape index (κ1) is 13.6. The van der Waals surface area contributed by atoms with Crippen LogP contribution in [0.3, 0.4) is 0 Å². The maximum atomic E-state index is 11.0. The third-order valence-electron chi connectivity index (χ3n) is 2.15. The molecule has 0 amide bonds. The van der Waals surface area contributed by atoms with E-state index in [1.165, 1.54) is 11.8 Å². The number of carboxylic acid groups (broad SMARTS) is 1. The van der Waals surface area contributed by atoms with Crippen molar-refractivity contribution >= 4 is 49.6 Å². The molecule has 0 fully saturated rings. The Morgan fingerprint density at radius 2 is 1.72 bits per heavy atom. The molecule has 0 saturated heterocycles. The molecule has 0 heterocycles. The first-order valence-corrected chi connectivity index (χ1v) is 7.42. The van der Waals surface area contributed by atoms with Gasteiger partial charge in [0, 0.05) is 18.7 Å². The maximum Gasteiger partial charge on any atom is 0.335 e. The maximum absolute atomic E-state index is 11.0. The van der Waals surface area contributed by atoms with E-state index in [0.29, 0.717) is 0 Å². The molecular weight excluding hydrogens is 380 g/mol. The van der Waals surface area contributed by atoms with Crippen LogP contribution in [0, 0.1) is 0 Å². The lowest BCUT2D eigenvalue weighted by atomic mass is 10.2. The van der Waals surface area contributed by atoms with E-state index >= 15 is 0 Å². The second-order valence-electron chi connectivity index (χ2n) is 3.54. The van der Waals surface area contributed by atoms with Crippen molar-refractivity contribution in [2.45, 2.75) is 9.79 Å². The smallest absolute Gasteiger partial charge is 0.335 e. The molecule has 0 bridgehead atoms. The SMILES string of the molecule is O=C(O)c1cc(Br)cc(Sc2cccc(Br)c2)c1. The van der Waals surface area contributed by atoms with Crippen LogP contribution < -0.4 is 0 Å². The van der Waals surface area contributed by atoms with Gasteiger partial charge >= 0.3 is 5.97 Å². The number of benzene rings is 2. The molecule has 0 radical (unpaired) electrons. The molecule has 2 rings (SSSR count). The minimum absolute atomic E-state index is 0.280. The van der Waals surface area contributed by atoms with Gasteiger partial charge in [-0.2, -0.15) is 0 Å². The highest BCUT2D eigenvalue weighted by atomic mass is 79.9. The van der Waals surface area contributed by atoms with E-state index in [1.54, 1.807) is 12.1 Å². The van der Waals surface area contributed by atoms with Gasteiger partial charge in [-0.15, -0.1) is 0 Å². The van der Waals surface area contributed by atoms with Crippen molar-refractivity contribution in [2.75, 3.05) is 0 Å². The highest BCUT2D eigenvalue weighted by Crippen LogP contribution is 2.32. The summed E-state index contributed by atoms with van der Waals surface area (Å²) in [6.45, 7) is 0. The normalized spacial score (nSPS) is 10.3. The highest BCUT2D eigenvalue weighted by Gasteiger charge is 2.07. The van der Waals surface area contributed by atoms with Gasteiger partial charge in [0.25, 0.3) is 0 Å². The lowest BCUT2D eigenvalue weighted by Crippen LogP contribution is -1.96. The minimum atomic E-state index is -0.924. The van der Waals surface area contributed by atoms with Crippen LogP contribution in [0.2, 0.25) is 0 Å². The molecule has 0 spiro atoms. The summed E-state index contributed by atoms with van der Waals surface area (Å²) in [4.78, 5) is 12.9. The summed E-state index contributed by atoms with van der Waals surface area (Å²) < 4.78 is 1.76. The molecule has 0 aromatic heterocycles. The third kappa shape index (κ3) is 3.60. The zero-order valence-corrected chi connectivity index (χ0v) is 13.0. The van der Waals surface area contributed by atoms with Gasteiger partial charge in [0.2, 0.25) is 0 Å². The number of halogens is 2. The van der Waals surface area contributed by atoms with E-state index in [1.807, 2.05) is 30.3 Å². The molecule has 2 nitrogen and oxygen atoms in total. The summed E-state index contributed by atoms with van der Waals surface area (Å²) in [6, 6.07) is 13.0. The molecule has 2 aromatic carbocycles. The van der Waals surface area contributed by atoms with Gasteiger partial charge in [0.05, 0.1) is 5.56 Å². The van der Waals surface area contributed by atoms with Crippen LogP contribution in [0.4, 0.5) is 0 Å². The standard InChI is InChI=1S/C13H8Br2O2S/c14-9-2-1-3-11(6-9)18-12-5-8(13(16)17)4-10(15)7-12/h1-7H,(H,16,17). The Bertz CT molecular complexity index is 599. The molecule has 0 aliphatic carbocycles. The predicted molar refractivity (Wildman–Crippen MR) is 79.4 cm³/mol. The van der Waals surface area contributed by atoms with Crippen LogP contribution >= 0.6 is 43.6 Å². The van der Waals surface area contributed by atoms with E-state index < -0.39 is 5.97 Å². The van der Waals surface area contributed by atoms with Crippen molar-refractivity contribution in [3.8, 4) is 0 Å². The second kappa shape index (κ2) is 5.91. The molecule has 0 atom stereocenters. The fourth-order valence-corrected chi connectivity index (χ4v) is 3.58. The topological polar surface area (TPSA) is 37.3 Å². The van der Waals surface area contributed by atoms with Crippen LogP contribution in [-0.4, -0.2) is 11.1 Å². The summed E-state index contributed by atoms with van der Waals surface area (Å²) in [5.74, 6) is -0.924. The lowest BCUT2D eigenvalue weighted by Gasteiger charge is -2.04. The molecule has 0 aliphatic heterocycles. The summed E-state index contributed by atoms with van der Waals surface area (Å²) in [5, 5.41) is 9.01. The van der Waals surface area contributed by atoms with Crippen LogP contribution in [0.15, 0.2) is 61.2 Å². The summed E-state index contributed by atoms with van der Waals surface area (Å²) >= 11 is 8.26. The van der Waals surface area contributed by atoms with Gasteiger partial charge in [-0.3, -0.25) is 0 Å². The number of rotatable bonds is 3. The predicted octanol–water partition coefficient (Wildman–Crippen LogP) is 5.06. The van der Waals surface area contributed by atoms with Crippen LogP contribution in [0.25, 0.3) is 0 Å². The Morgan fingerprint density at radius 1 is 1.00 bits per heavy atom. The van der Waals surface area contributed by atoms with E-state index in [9.17, 15) is 4.79 Å². The zero-order valence-electron chi connectivity index (χ0n) is 9.06. The molecule has 92 valence electrons. The number of hydrogen-bond acceptors (Lipinski definition) is 2. The number of carbonyl (C=O) groups is 1. The van der Waals surface area contributed by atoms with Crippen LogP contribution in [0.1, 0.15) is 10.4 Å². The molecule has 5 heteroatoms. The Balaban J connectivity index is 2.31. The largest absolute Gasteiger partial charge is 0.478 e. The summed E-state index contributed by atoms with van der Waals surface area (Å²) in [7, 11) is 0. The van der Waals surface area contributed by atoms with Crippen molar-refractivity contribution in [3.63, 3.8) is 0 Å². The first-order valence-electron chi connectivity index (χ1n) is 5.02. The van der Waals surface area contributed by atoms with E-state index in [-0.39, 0.29) is 5.56 Å². The fraction of sp³-hybridized carbons (Fsp3) is 0. The average molecular weight is 388 g/mol. The molecular formula is C13H8Br2O2S. The van der Waals surface area contributed by atoms with Gasteiger partial charge < -0.3 is 5.11 Å². The van der Waals surface area contributed by atoms with Crippen molar-refractivity contribution < 1.29 is 9.90 Å². The van der Waals surface area contributed by atoms with Gasteiger partial charge in [-0.25, -0.2) is 4.79 Å². The Labute approximate surface area is 126 Å². The molecule has 18 heavy (non-hydrogen) atoms. The Hall–Kier alpha value is -0.780. The minimum Gasteiger partial charge on any atom is -0.478 e. The highest BCUT2D eigenvalue weighted by molar-refractivity contribution is 9.10. The number of aromatic carboxylic acids is 1. The molecule has 1 N–H and O–H groups in total. The third-order valence-corrected chi connectivity index (χ3v) is 4.06.